The number of likely N-dealkylation sites (N-methyl/N-ethyl adjacent to an activating group) is 1. The number of carbonyl (C=O) groups excluding carboxylic acids is 1. The van der Waals surface area contributed by atoms with E-state index in [0.29, 0.717) is 23.4 Å². The number of nitro benzene ring substituents is 1. The van der Waals surface area contributed by atoms with Crippen LogP contribution in [0.5, 0.6) is 0 Å². The van der Waals surface area contributed by atoms with Crippen LogP contribution in [0, 0.1) is 10.1 Å². The SMILES string of the molecule is CN(C)CCN/C=C1\C(=O)ON=C1c1ccc([N+](=O)[O-])cc1. The molecule has 1 aromatic rings. The van der Waals surface area contributed by atoms with Gasteiger partial charge in [0.25, 0.3) is 5.69 Å². The number of hydrogen-bond acceptors (Lipinski definition) is 7. The molecule has 0 radical (unpaired) electrons. The molecule has 0 aliphatic carbocycles. The summed E-state index contributed by atoms with van der Waals surface area (Å²) in [6.45, 7) is 1.47. The van der Waals surface area contributed by atoms with Gasteiger partial charge in [-0.3, -0.25) is 10.1 Å². The first kappa shape index (κ1) is 15.6. The third-order valence-corrected chi connectivity index (χ3v) is 3.00. The predicted octanol–water partition coefficient (Wildman–Crippen LogP) is 0.891. The van der Waals surface area contributed by atoms with Gasteiger partial charge in [0.1, 0.15) is 11.3 Å². The van der Waals surface area contributed by atoms with Gasteiger partial charge in [-0.1, -0.05) is 5.16 Å². The number of nitro groups is 1. The highest BCUT2D eigenvalue weighted by molar-refractivity contribution is 6.28. The lowest BCUT2D eigenvalue weighted by molar-refractivity contribution is -0.384. The summed E-state index contributed by atoms with van der Waals surface area (Å²) in [6, 6.07) is 5.79. The number of nitrogens with zero attached hydrogens (tertiary/aromatic N) is 3. The Morgan fingerprint density at radius 2 is 2.05 bits per heavy atom. The lowest BCUT2D eigenvalue weighted by Crippen LogP contribution is -2.24. The summed E-state index contributed by atoms with van der Waals surface area (Å²) in [5.41, 5.74) is 1.21. The smallest absolute Gasteiger partial charge is 0.369 e. The van der Waals surface area contributed by atoms with Gasteiger partial charge < -0.3 is 15.1 Å². The van der Waals surface area contributed by atoms with Gasteiger partial charge in [0.05, 0.1) is 4.92 Å². The highest BCUT2D eigenvalue weighted by atomic mass is 16.7. The number of carbonyl (C=O) groups is 1. The van der Waals surface area contributed by atoms with Gasteiger partial charge in [-0.2, -0.15) is 0 Å². The van der Waals surface area contributed by atoms with Crippen LogP contribution in [0.3, 0.4) is 0 Å². The molecule has 0 fully saturated rings. The summed E-state index contributed by atoms with van der Waals surface area (Å²) in [4.78, 5) is 28.6. The maximum atomic E-state index is 11.7. The van der Waals surface area contributed by atoms with Crippen molar-refractivity contribution in [3.63, 3.8) is 0 Å². The number of non-ortho nitro benzene ring substituents is 1. The van der Waals surface area contributed by atoms with Gasteiger partial charge in [-0.25, -0.2) is 4.79 Å². The Bertz CT molecular complexity index is 635. The zero-order valence-corrected chi connectivity index (χ0v) is 12.3. The quantitative estimate of drug-likeness (QED) is 0.276. The molecule has 0 saturated carbocycles. The predicted molar refractivity (Wildman–Crippen MR) is 80.4 cm³/mol. The highest BCUT2D eigenvalue weighted by Gasteiger charge is 2.27. The number of oxime groups is 1. The number of benzene rings is 1. The van der Waals surface area contributed by atoms with Gasteiger partial charge in [-0.15, -0.1) is 0 Å². The molecule has 1 aromatic carbocycles. The molecule has 22 heavy (non-hydrogen) atoms. The molecule has 0 atom stereocenters. The van der Waals surface area contributed by atoms with E-state index >= 15 is 0 Å². The average Bonchev–Trinajstić information content (AvgIpc) is 2.84. The fourth-order valence-corrected chi connectivity index (χ4v) is 1.82. The van der Waals surface area contributed by atoms with Crippen molar-refractivity contribution >= 4 is 17.4 Å². The summed E-state index contributed by atoms with van der Waals surface area (Å²) in [5, 5.41) is 17.4. The number of rotatable bonds is 6. The van der Waals surface area contributed by atoms with Crippen LogP contribution in [0.15, 0.2) is 41.2 Å². The van der Waals surface area contributed by atoms with Crippen molar-refractivity contribution in [2.45, 2.75) is 0 Å². The Labute approximate surface area is 127 Å². The van der Waals surface area contributed by atoms with Crippen molar-refractivity contribution in [1.29, 1.82) is 0 Å². The standard InChI is InChI=1S/C14H16N4O4/c1-17(2)8-7-15-9-12-13(16-22-14(12)19)10-3-5-11(6-4-10)18(20)21/h3-6,9,15H,7-8H2,1-2H3/b12-9-. The van der Waals surface area contributed by atoms with Crippen molar-refractivity contribution in [3.8, 4) is 0 Å². The molecule has 1 heterocycles. The number of hydrogen-bond donors (Lipinski definition) is 1. The van der Waals surface area contributed by atoms with Gasteiger partial charge >= 0.3 is 5.97 Å². The zero-order valence-electron chi connectivity index (χ0n) is 12.3. The fraction of sp³-hybridized carbons (Fsp3) is 0.286. The molecule has 2 rings (SSSR count). The van der Waals surface area contributed by atoms with E-state index in [-0.39, 0.29) is 5.69 Å². The van der Waals surface area contributed by atoms with Crippen LogP contribution in [0.2, 0.25) is 0 Å². The van der Waals surface area contributed by atoms with E-state index in [9.17, 15) is 14.9 Å². The van der Waals surface area contributed by atoms with E-state index in [1.165, 1.54) is 24.3 Å². The fourth-order valence-electron chi connectivity index (χ4n) is 1.82. The van der Waals surface area contributed by atoms with Gasteiger partial charge in [-0.05, 0) is 26.2 Å². The van der Waals surface area contributed by atoms with E-state index < -0.39 is 10.9 Å². The largest absolute Gasteiger partial charge is 0.389 e. The minimum Gasteiger partial charge on any atom is -0.389 e. The van der Waals surface area contributed by atoms with E-state index in [2.05, 4.69) is 15.3 Å². The molecule has 0 saturated heterocycles. The molecule has 8 heteroatoms. The third-order valence-electron chi connectivity index (χ3n) is 3.00. The Hall–Kier alpha value is -2.74. The summed E-state index contributed by atoms with van der Waals surface area (Å²) < 4.78 is 0. The molecule has 0 bridgehead atoms. The summed E-state index contributed by atoms with van der Waals surface area (Å²) >= 11 is 0. The summed E-state index contributed by atoms with van der Waals surface area (Å²) in [5.74, 6) is -0.550. The molecule has 116 valence electrons. The van der Waals surface area contributed by atoms with Crippen LogP contribution in [-0.4, -0.2) is 48.7 Å². The lowest BCUT2D eigenvalue weighted by Gasteiger charge is -2.09. The summed E-state index contributed by atoms with van der Waals surface area (Å²) in [7, 11) is 3.89. The molecular weight excluding hydrogens is 288 g/mol. The second-order valence-electron chi connectivity index (χ2n) is 4.94. The average molecular weight is 304 g/mol. The van der Waals surface area contributed by atoms with Crippen LogP contribution in [0.4, 0.5) is 5.69 Å². The van der Waals surface area contributed by atoms with Crippen molar-refractivity contribution in [2.75, 3.05) is 27.2 Å². The topological polar surface area (TPSA) is 97.1 Å². The third kappa shape index (κ3) is 3.67. The van der Waals surface area contributed by atoms with E-state index in [4.69, 9.17) is 0 Å². The molecule has 1 aliphatic heterocycles. The van der Waals surface area contributed by atoms with Crippen LogP contribution in [0.1, 0.15) is 5.56 Å². The van der Waals surface area contributed by atoms with Gasteiger partial charge in [0, 0.05) is 37.0 Å². The van der Waals surface area contributed by atoms with E-state index in [1.807, 2.05) is 19.0 Å². The lowest BCUT2D eigenvalue weighted by atomic mass is 10.0. The molecular formula is C14H16N4O4. The van der Waals surface area contributed by atoms with Gasteiger partial charge in [0.15, 0.2) is 0 Å². The summed E-state index contributed by atoms with van der Waals surface area (Å²) in [6.07, 6.45) is 1.55. The first-order chi connectivity index (χ1) is 10.5. The van der Waals surface area contributed by atoms with Crippen LogP contribution < -0.4 is 5.32 Å². The first-order valence-electron chi connectivity index (χ1n) is 6.62. The maximum absolute atomic E-state index is 11.7. The zero-order chi connectivity index (χ0) is 16.1. The van der Waals surface area contributed by atoms with Crippen LogP contribution >= 0.6 is 0 Å². The minimum atomic E-state index is -0.550. The molecule has 0 unspecified atom stereocenters. The second-order valence-corrected chi connectivity index (χ2v) is 4.94. The number of nitrogens with one attached hydrogen (secondary N) is 1. The van der Waals surface area contributed by atoms with E-state index in [1.54, 1.807) is 6.20 Å². The van der Waals surface area contributed by atoms with Crippen molar-refractivity contribution in [2.24, 2.45) is 5.16 Å². The first-order valence-corrected chi connectivity index (χ1v) is 6.62. The van der Waals surface area contributed by atoms with E-state index in [0.717, 1.165) is 6.54 Å². The highest BCUT2D eigenvalue weighted by Crippen LogP contribution is 2.20. The Morgan fingerprint density at radius 1 is 1.36 bits per heavy atom. The Balaban J connectivity index is 2.13. The molecule has 0 amide bonds. The van der Waals surface area contributed by atoms with Crippen molar-refractivity contribution in [1.82, 2.24) is 10.2 Å². The molecule has 0 aromatic heterocycles. The Morgan fingerprint density at radius 3 is 2.64 bits per heavy atom. The van der Waals surface area contributed by atoms with Gasteiger partial charge in [0.2, 0.25) is 0 Å². The molecule has 1 aliphatic rings. The van der Waals surface area contributed by atoms with Crippen LogP contribution in [-0.2, 0) is 9.63 Å². The van der Waals surface area contributed by atoms with Crippen LogP contribution in [0.25, 0.3) is 0 Å². The normalized spacial score (nSPS) is 15.9. The van der Waals surface area contributed by atoms with Crippen molar-refractivity contribution < 1.29 is 14.6 Å². The molecule has 0 spiro atoms. The second kappa shape index (κ2) is 6.81. The molecule has 8 nitrogen and oxygen atoms in total. The minimum absolute atomic E-state index is 0.0239. The Kier molecular flexibility index (Phi) is 4.84. The monoisotopic (exact) mass is 304 g/mol. The van der Waals surface area contributed by atoms with Crippen molar-refractivity contribution in [3.05, 3.63) is 51.7 Å². The molecule has 1 N–H and O–H groups in total. The maximum Gasteiger partial charge on any atom is 0.369 e.